The van der Waals surface area contributed by atoms with Crippen LogP contribution < -0.4 is 4.74 Å². The molecule has 126 valence electrons. The highest BCUT2D eigenvalue weighted by Crippen LogP contribution is 2.35. The molecule has 3 rings (SSSR count). The van der Waals surface area contributed by atoms with Crippen LogP contribution in [0.15, 0.2) is 46.9 Å². The van der Waals surface area contributed by atoms with Crippen LogP contribution in [0.5, 0.6) is 17.2 Å². The normalized spacial score (nSPS) is 15.2. The van der Waals surface area contributed by atoms with Crippen LogP contribution in [0.3, 0.4) is 0 Å². The third-order valence-electron chi connectivity index (χ3n) is 4.25. The number of hydrogen-bond acceptors (Lipinski definition) is 4. The minimum Gasteiger partial charge on any atom is -0.508 e. The molecule has 2 aromatic carbocycles. The van der Waals surface area contributed by atoms with E-state index in [1.165, 1.54) is 11.1 Å². The summed E-state index contributed by atoms with van der Waals surface area (Å²) in [6.45, 7) is 2.64. The lowest BCUT2D eigenvalue weighted by Crippen LogP contribution is -2.28. The zero-order valence-electron chi connectivity index (χ0n) is 13.5. The Kier molecular flexibility index (Phi) is 5.11. The molecule has 0 unspecified atom stereocenters. The van der Waals surface area contributed by atoms with E-state index in [0.29, 0.717) is 16.0 Å². The van der Waals surface area contributed by atoms with Gasteiger partial charge in [-0.3, -0.25) is 4.90 Å². The van der Waals surface area contributed by atoms with Crippen molar-refractivity contribution in [2.45, 2.75) is 13.0 Å². The SMILES string of the molecule is COc1cc(CN2CC=C(c3ccc(O)cc3)CC2)cc(Br)c1O. The molecule has 1 aliphatic heterocycles. The van der Waals surface area contributed by atoms with Gasteiger partial charge < -0.3 is 14.9 Å². The molecule has 0 bridgehead atoms. The van der Waals surface area contributed by atoms with E-state index >= 15 is 0 Å². The van der Waals surface area contributed by atoms with Gasteiger partial charge in [-0.15, -0.1) is 0 Å². The third kappa shape index (κ3) is 3.74. The lowest BCUT2D eigenvalue weighted by molar-refractivity contribution is 0.292. The van der Waals surface area contributed by atoms with Crippen molar-refractivity contribution in [1.82, 2.24) is 4.90 Å². The molecule has 0 aliphatic carbocycles. The Morgan fingerprint density at radius 2 is 1.92 bits per heavy atom. The smallest absolute Gasteiger partial charge is 0.172 e. The van der Waals surface area contributed by atoms with Crippen LogP contribution in [0.4, 0.5) is 0 Å². The summed E-state index contributed by atoms with van der Waals surface area (Å²) in [6, 6.07) is 11.2. The molecule has 0 spiro atoms. The number of nitrogens with zero attached hydrogens (tertiary/aromatic N) is 1. The molecule has 0 radical (unpaired) electrons. The minimum absolute atomic E-state index is 0.134. The van der Waals surface area contributed by atoms with Crippen molar-refractivity contribution >= 4 is 21.5 Å². The first-order valence-corrected chi connectivity index (χ1v) is 8.62. The first-order chi connectivity index (χ1) is 11.6. The summed E-state index contributed by atoms with van der Waals surface area (Å²) < 4.78 is 5.86. The zero-order valence-corrected chi connectivity index (χ0v) is 15.1. The van der Waals surface area contributed by atoms with Gasteiger partial charge in [-0.2, -0.15) is 0 Å². The van der Waals surface area contributed by atoms with Gasteiger partial charge in [0.1, 0.15) is 5.75 Å². The highest BCUT2D eigenvalue weighted by atomic mass is 79.9. The van der Waals surface area contributed by atoms with Crippen molar-refractivity contribution in [3.63, 3.8) is 0 Å². The van der Waals surface area contributed by atoms with Crippen molar-refractivity contribution in [2.24, 2.45) is 0 Å². The molecule has 5 heteroatoms. The molecule has 1 aliphatic rings. The van der Waals surface area contributed by atoms with Crippen LogP contribution in [-0.2, 0) is 6.54 Å². The third-order valence-corrected chi connectivity index (χ3v) is 4.85. The predicted molar refractivity (Wildman–Crippen MR) is 98.3 cm³/mol. The molecule has 1 heterocycles. The number of ether oxygens (including phenoxy) is 1. The summed E-state index contributed by atoms with van der Waals surface area (Å²) >= 11 is 3.37. The summed E-state index contributed by atoms with van der Waals surface area (Å²) in [7, 11) is 1.55. The summed E-state index contributed by atoms with van der Waals surface area (Å²) in [5.41, 5.74) is 3.58. The topological polar surface area (TPSA) is 52.9 Å². The van der Waals surface area contributed by atoms with Crippen LogP contribution in [0.2, 0.25) is 0 Å². The van der Waals surface area contributed by atoms with E-state index in [0.717, 1.165) is 31.6 Å². The second-order valence-electron chi connectivity index (χ2n) is 5.89. The van der Waals surface area contributed by atoms with Crippen LogP contribution in [0.1, 0.15) is 17.5 Å². The lowest BCUT2D eigenvalue weighted by atomic mass is 9.99. The Bertz CT molecular complexity index is 756. The fourth-order valence-electron chi connectivity index (χ4n) is 2.92. The van der Waals surface area contributed by atoms with Gasteiger partial charge in [-0.1, -0.05) is 18.2 Å². The van der Waals surface area contributed by atoms with E-state index in [9.17, 15) is 10.2 Å². The van der Waals surface area contributed by atoms with E-state index in [4.69, 9.17) is 4.74 Å². The average Bonchev–Trinajstić information content (AvgIpc) is 2.59. The van der Waals surface area contributed by atoms with Gasteiger partial charge in [0.2, 0.25) is 0 Å². The van der Waals surface area contributed by atoms with Crippen LogP contribution >= 0.6 is 15.9 Å². The molecule has 0 atom stereocenters. The quantitative estimate of drug-likeness (QED) is 0.824. The fourth-order valence-corrected chi connectivity index (χ4v) is 3.41. The number of phenols is 2. The Morgan fingerprint density at radius 3 is 2.54 bits per heavy atom. The maximum atomic E-state index is 9.90. The monoisotopic (exact) mass is 389 g/mol. The molecule has 0 amide bonds. The second kappa shape index (κ2) is 7.28. The number of rotatable bonds is 4. The van der Waals surface area contributed by atoms with Crippen LogP contribution in [-0.4, -0.2) is 35.3 Å². The van der Waals surface area contributed by atoms with E-state index in [1.54, 1.807) is 19.2 Å². The summed E-state index contributed by atoms with van der Waals surface area (Å²) in [4.78, 5) is 2.35. The molecule has 0 aromatic heterocycles. The van der Waals surface area contributed by atoms with Gasteiger partial charge in [0, 0.05) is 19.6 Å². The van der Waals surface area contributed by atoms with Crippen molar-refractivity contribution in [3.05, 3.63) is 58.1 Å². The number of hydrogen-bond donors (Lipinski definition) is 2. The maximum Gasteiger partial charge on any atom is 0.172 e. The standard InChI is InChI=1S/C19H20BrNO3/c1-24-18-11-13(10-17(20)19(18)23)12-21-8-6-15(7-9-21)14-2-4-16(22)5-3-14/h2-6,10-11,22-23H,7-9,12H2,1H3. The zero-order chi connectivity index (χ0) is 17.1. The summed E-state index contributed by atoms with van der Waals surface area (Å²) in [5.74, 6) is 0.912. The van der Waals surface area contributed by atoms with Crippen LogP contribution in [0.25, 0.3) is 5.57 Å². The number of methoxy groups -OCH3 is 1. The maximum absolute atomic E-state index is 9.90. The highest BCUT2D eigenvalue weighted by molar-refractivity contribution is 9.10. The van der Waals surface area contributed by atoms with Gasteiger partial charge in [-0.05, 0) is 63.3 Å². The Balaban J connectivity index is 1.69. The highest BCUT2D eigenvalue weighted by Gasteiger charge is 2.15. The van der Waals surface area contributed by atoms with E-state index in [1.807, 2.05) is 24.3 Å². The Labute approximate surface area is 150 Å². The number of aromatic hydroxyl groups is 2. The molecule has 4 nitrogen and oxygen atoms in total. The molecule has 0 saturated carbocycles. The first kappa shape index (κ1) is 16.9. The fraction of sp³-hybridized carbons (Fsp3) is 0.263. The van der Waals surface area contributed by atoms with E-state index < -0.39 is 0 Å². The van der Waals surface area contributed by atoms with Gasteiger partial charge in [0.05, 0.1) is 11.6 Å². The molecular formula is C19H20BrNO3. The van der Waals surface area contributed by atoms with Crippen molar-refractivity contribution in [3.8, 4) is 17.2 Å². The summed E-state index contributed by atoms with van der Waals surface area (Å²) in [5, 5.41) is 19.3. The van der Waals surface area contributed by atoms with Crippen molar-refractivity contribution in [1.29, 1.82) is 0 Å². The van der Waals surface area contributed by atoms with E-state index in [-0.39, 0.29) is 5.75 Å². The van der Waals surface area contributed by atoms with Crippen molar-refractivity contribution < 1.29 is 14.9 Å². The van der Waals surface area contributed by atoms with Gasteiger partial charge in [0.15, 0.2) is 11.5 Å². The molecule has 0 saturated heterocycles. The molecule has 0 fully saturated rings. The second-order valence-corrected chi connectivity index (χ2v) is 6.74. The van der Waals surface area contributed by atoms with E-state index in [2.05, 4.69) is 26.9 Å². The predicted octanol–water partition coefficient (Wildman–Crippen LogP) is 4.16. The van der Waals surface area contributed by atoms with Gasteiger partial charge in [0.25, 0.3) is 0 Å². The molecule has 24 heavy (non-hydrogen) atoms. The Morgan fingerprint density at radius 1 is 1.17 bits per heavy atom. The molecular weight excluding hydrogens is 370 g/mol. The molecule has 2 N–H and O–H groups in total. The first-order valence-electron chi connectivity index (χ1n) is 7.83. The largest absolute Gasteiger partial charge is 0.508 e. The van der Waals surface area contributed by atoms with Gasteiger partial charge in [-0.25, -0.2) is 0 Å². The Hall–Kier alpha value is -1.98. The van der Waals surface area contributed by atoms with Crippen LogP contribution in [0, 0.1) is 0 Å². The number of halogens is 1. The van der Waals surface area contributed by atoms with Crippen molar-refractivity contribution in [2.75, 3.05) is 20.2 Å². The average molecular weight is 390 g/mol. The van der Waals surface area contributed by atoms with Gasteiger partial charge >= 0.3 is 0 Å². The minimum atomic E-state index is 0.134. The number of benzene rings is 2. The lowest BCUT2D eigenvalue weighted by Gasteiger charge is -2.27. The molecule has 2 aromatic rings. The summed E-state index contributed by atoms with van der Waals surface area (Å²) in [6.07, 6.45) is 3.21. The number of phenolic OH excluding ortho intramolecular Hbond substituents is 2.